The summed E-state index contributed by atoms with van der Waals surface area (Å²) in [5, 5.41) is 0. The number of rotatable bonds is 1. The van der Waals surface area contributed by atoms with Crippen molar-refractivity contribution in [3.8, 4) is 0 Å². The highest BCUT2D eigenvalue weighted by molar-refractivity contribution is 4.74. The summed E-state index contributed by atoms with van der Waals surface area (Å²) in [7, 11) is 0. The molecule has 0 spiro atoms. The van der Waals surface area contributed by atoms with Crippen LogP contribution in [0.3, 0.4) is 0 Å². The third-order valence-electron chi connectivity index (χ3n) is 2.19. The first-order valence-electron chi connectivity index (χ1n) is 4.94. The first kappa shape index (κ1) is 14.5. The van der Waals surface area contributed by atoms with Gasteiger partial charge in [0, 0.05) is 12.6 Å². The average molecular weight is 173 g/mol. The van der Waals surface area contributed by atoms with Crippen LogP contribution >= 0.6 is 0 Å². The van der Waals surface area contributed by atoms with E-state index >= 15 is 0 Å². The van der Waals surface area contributed by atoms with E-state index in [9.17, 15) is 0 Å². The van der Waals surface area contributed by atoms with Gasteiger partial charge in [-0.25, -0.2) is 0 Å². The van der Waals surface area contributed by atoms with Gasteiger partial charge in [0.05, 0.1) is 0 Å². The Balaban J connectivity index is 0. The average Bonchev–Trinajstić information content (AvgIpc) is 2.40. The Hall–Kier alpha value is -0.0400. The summed E-state index contributed by atoms with van der Waals surface area (Å²) in [5.74, 6) is 0.937. The molecule has 1 saturated heterocycles. The summed E-state index contributed by atoms with van der Waals surface area (Å²) in [6, 6.07) is 0.759. The van der Waals surface area contributed by atoms with Crippen molar-refractivity contribution in [3.63, 3.8) is 0 Å². The van der Waals surface area contributed by atoms with Crippen LogP contribution in [0.25, 0.3) is 0 Å². The van der Waals surface area contributed by atoms with E-state index < -0.39 is 0 Å². The summed E-state index contributed by atoms with van der Waals surface area (Å²) in [5.41, 5.74) is 0. The van der Waals surface area contributed by atoms with Crippen LogP contribution in [0.2, 0.25) is 0 Å². The normalized spacial score (nSPS) is 23.0. The lowest BCUT2D eigenvalue weighted by atomic mass is 10.2. The van der Waals surface area contributed by atoms with Crippen molar-refractivity contribution in [1.29, 1.82) is 0 Å². The molecular weight excluding hydrogens is 146 g/mol. The van der Waals surface area contributed by atoms with E-state index in [0.29, 0.717) is 0 Å². The number of nitrogens with zero attached hydrogens (tertiary/aromatic N) is 1. The van der Waals surface area contributed by atoms with Crippen molar-refractivity contribution in [3.05, 3.63) is 0 Å². The van der Waals surface area contributed by atoms with Crippen LogP contribution in [0.4, 0.5) is 0 Å². The van der Waals surface area contributed by atoms with Crippen molar-refractivity contribution < 1.29 is 0 Å². The fourth-order valence-electron chi connectivity index (χ4n) is 1.44. The number of likely N-dealkylation sites (tertiary alicyclic amines) is 1. The summed E-state index contributed by atoms with van der Waals surface area (Å²) in [4.78, 5) is 2.55. The lowest BCUT2D eigenvalue weighted by molar-refractivity contribution is 0.267. The van der Waals surface area contributed by atoms with E-state index in [1.165, 1.54) is 19.5 Å². The molecule has 0 radical (unpaired) electrons. The van der Waals surface area contributed by atoms with Gasteiger partial charge in [-0.05, 0) is 32.7 Å². The predicted molar refractivity (Wildman–Crippen MR) is 58.6 cm³/mol. The van der Waals surface area contributed by atoms with Gasteiger partial charge in [0.25, 0.3) is 0 Å². The van der Waals surface area contributed by atoms with Crippen LogP contribution < -0.4 is 0 Å². The number of hydrogen-bond donors (Lipinski definition) is 0. The van der Waals surface area contributed by atoms with Gasteiger partial charge >= 0.3 is 0 Å². The van der Waals surface area contributed by atoms with Crippen molar-refractivity contribution in [2.75, 3.05) is 13.1 Å². The largest absolute Gasteiger partial charge is 0.301 e. The Morgan fingerprint density at radius 1 is 1.25 bits per heavy atom. The zero-order chi connectivity index (χ0) is 8.85. The lowest BCUT2D eigenvalue weighted by Crippen LogP contribution is -2.27. The Bertz CT molecular complexity index is 89.0. The first-order chi connectivity index (χ1) is 5.20. The molecule has 1 heterocycles. The molecule has 0 N–H and O–H groups in total. The first-order valence-corrected chi connectivity index (χ1v) is 4.94. The quantitative estimate of drug-likeness (QED) is 0.587. The maximum atomic E-state index is 2.55. The summed E-state index contributed by atoms with van der Waals surface area (Å²) in [6.07, 6.45) is 1.40. The summed E-state index contributed by atoms with van der Waals surface area (Å²) >= 11 is 0. The van der Waals surface area contributed by atoms with Crippen LogP contribution in [0.5, 0.6) is 0 Å². The Kier molecular flexibility index (Phi) is 9.17. The van der Waals surface area contributed by atoms with Gasteiger partial charge in [0.2, 0.25) is 0 Å². The second-order valence-corrected chi connectivity index (χ2v) is 3.48. The predicted octanol–water partition coefficient (Wildman–Crippen LogP) is 3.40. The molecule has 1 aliphatic rings. The van der Waals surface area contributed by atoms with E-state index in [0.717, 1.165) is 12.0 Å². The highest BCUT2D eigenvalue weighted by Crippen LogP contribution is 2.16. The SMILES string of the molecule is C.CC.CC1CCN(C(C)C)C1. The monoisotopic (exact) mass is 173 g/mol. The molecule has 1 nitrogen and oxygen atoms in total. The van der Waals surface area contributed by atoms with E-state index in [4.69, 9.17) is 0 Å². The molecular formula is C11H27N. The highest BCUT2D eigenvalue weighted by Gasteiger charge is 2.19. The molecule has 1 fully saturated rings. The topological polar surface area (TPSA) is 3.24 Å². The molecule has 1 aliphatic heterocycles. The second-order valence-electron chi connectivity index (χ2n) is 3.48. The van der Waals surface area contributed by atoms with Crippen molar-refractivity contribution in [1.82, 2.24) is 4.90 Å². The molecule has 0 bridgehead atoms. The fraction of sp³-hybridized carbons (Fsp3) is 1.00. The second kappa shape index (κ2) is 7.60. The Morgan fingerprint density at radius 3 is 1.92 bits per heavy atom. The van der Waals surface area contributed by atoms with E-state index in [1.54, 1.807) is 0 Å². The van der Waals surface area contributed by atoms with Gasteiger partial charge in [-0.3, -0.25) is 0 Å². The van der Waals surface area contributed by atoms with Crippen molar-refractivity contribution in [2.24, 2.45) is 5.92 Å². The van der Waals surface area contributed by atoms with Crippen LogP contribution in [0.1, 0.15) is 48.5 Å². The van der Waals surface area contributed by atoms with E-state index in [1.807, 2.05) is 13.8 Å². The van der Waals surface area contributed by atoms with E-state index in [-0.39, 0.29) is 7.43 Å². The molecule has 0 aliphatic carbocycles. The number of hydrogen-bond acceptors (Lipinski definition) is 1. The maximum Gasteiger partial charge on any atom is 0.00387 e. The highest BCUT2D eigenvalue weighted by atomic mass is 15.2. The molecule has 0 saturated carbocycles. The molecule has 0 aromatic carbocycles. The molecule has 1 unspecified atom stereocenters. The molecule has 1 atom stereocenters. The zero-order valence-corrected chi connectivity index (χ0v) is 8.72. The third-order valence-corrected chi connectivity index (χ3v) is 2.19. The van der Waals surface area contributed by atoms with Crippen molar-refractivity contribution >= 4 is 0 Å². The molecule has 1 rings (SSSR count). The minimum Gasteiger partial charge on any atom is -0.301 e. The summed E-state index contributed by atoms with van der Waals surface area (Å²) < 4.78 is 0. The van der Waals surface area contributed by atoms with Crippen LogP contribution in [-0.2, 0) is 0 Å². The van der Waals surface area contributed by atoms with Crippen LogP contribution in [0, 0.1) is 5.92 Å². The molecule has 1 heteroatoms. The fourth-order valence-corrected chi connectivity index (χ4v) is 1.44. The maximum absolute atomic E-state index is 2.55. The molecule has 12 heavy (non-hydrogen) atoms. The molecule has 0 aromatic rings. The third kappa shape index (κ3) is 4.76. The van der Waals surface area contributed by atoms with Gasteiger partial charge in [-0.2, -0.15) is 0 Å². The minimum absolute atomic E-state index is 0. The zero-order valence-electron chi connectivity index (χ0n) is 8.72. The standard InChI is InChI=1S/C8H17N.C2H6.CH4/c1-7(2)9-5-4-8(3)6-9;1-2;/h7-8H,4-6H2,1-3H3;1-2H3;1H4. The van der Waals surface area contributed by atoms with Gasteiger partial charge in [-0.1, -0.05) is 28.2 Å². The molecule has 76 valence electrons. The Labute approximate surface area is 79.2 Å². The van der Waals surface area contributed by atoms with Crippen molar-refractivity contribution in [2.45, 2.75) is 54.5 Å². The van der Waals surface area contributed by atoms with Crippen LogP contribution in [0.15, 0.2) is 0 Å². The molecule has 0 aromatic heterocycles. The lowest BCUT2D eigenvalue weighted by Gasteiger charge is -2.19. The minimum atomic E-state index is 0. The van der Waals surface area contributed by atoms with Gasteiger partial charge in [-0.15, -0.1) is 0 Å². The smallest absolute Gasteiger partial charge is 0.00387 e. The van der Waals surface area contributed by atoms with E-state index in [2.05, 4.69) is 25.7 Å². The van der Waals surface area contributed by atoms with Gasteiger partial charge in [0.1, 0.15) is 0 Å². The Morgan fingerprint density at radius 2 is 1.75 bits per heavy atom. The molecule has 0 amide bonds. The van der Waals surface area contributed by atoms with Gasteiger partial charge < -0.3 is 4.90 Å². The van der Waals surface area contributed by atoms with Crippen LogP contribution in [-0.4, -0.2) is 24.0 Å². The van der Waals surface area contributed by atoms with Gasteiger partial charge in [0.15, 0.2) is 0 Å². The summed E-state index contributed by atoms with van der Waals surface area (Å²) in [6.45, 7) is 13.5.